The molecular formula is C23H23ClN2O2. The summed E-state index contributed by atoms with van der Waals surface area (Å²) >= 11 is 6.77. The molecule has 0 saturated heterocycles. The summed E-state index contributed by atoms with van der Waals surface area (Å²) < 4.78 is 11.1. The number of hydrogen-bond donors (Lipinski definition) is 1. The first-order valence-corrected chi connectivity index (χ1v) is 9.79. The smallest absolute Gasteiger partial charge is 0.149 e. The van der Waals surface area contributed by atoms with Crippen molar-refractivity contribution in [2.45, 2.75) is 6.92 Å². The number of aryl methyl sites for hydroxylation is 1. The second-order valence-corrected chi connectivity index (χ2v) is 7.25. The van der Waals surface area contributed by atoms with Crippen LogP contribution in [0.2, 0.25) is 5.02 Å². The van der Waals surface area contributed by atoms with Crippen LogP contribution in [0.3, 0.4) is 0 Å². The summed E-state index contributed by atoms with van der Waals surface area (Å²) in [5, 5.41) is 5.96. The topological polar surface area (TPSA) is 42.9 Å². The minimum absolute atomic E-state index is 0.434. The van der Waals surface area contributed by atoms with Crippen molar-refractivity contribution >= 4 is 28.2 Å². The van der Waals surface area contributed by atoms with Crippen molar-refractivity contribution in [2.75, 3.05) is 33.4 Å². The Hall–Kier alpha value is -2.56. The quantitative estimate of drug-likeness (QED) is 0.608. The molecule has 0 spiro atoms. The fraction of sp³-hybridized carbons (Fsp3) is 0.261. The zero-order valence-electron chi connectivity index (χ0n) is 16.1. The number of amidine groups is 1. The zero-order chi connectivity index (χ0) is 19.5. The molecule has 0 unspecified atom stereocenters. The first-order valence-electron chi connectivity index (χ1n) is 9.41. The van der Waals surface area contributed by atoms with E-state index in [-0.39, 0.29) is 0 Å². The molecule has 0 atom stereocenters. The number of benzene rings is 3. The van der Waals surface area contributed by atoms with Gasteiger partial charge in [-0.25, -0.2) is 0 Å². The average Bonchev–Trinajstić information content (AvgIpc) is 3.24. The maximum absolute atomic E-state index is 6.77. The van der Waals surface area contributed by atoms with E-state index in [0.29, 0.717) is 24.0 Å². The lowest BCUT2D eigenvalue weighted by atomic mass is 9.98. The summed E-state index contributed by atoms with van der Waals surface area (Å²) in [4.78, 5) is 4.57. The zero-order valence-corrected chi connectivity index (χ0v) is 16.8. The summed E-state index contributed by atoms with van der Waals surface area (Å²) in [6.45, 7) is 4.61. The molecule has 1 aliphatic rings. The van der Waals surface area contributed by atoms with Crippen molar-refractivity contribution in [3.63, 3.8) is 0 Å². The molecule has 144 valence electrons. The molecule has 28 heavy (non-hydrogen) atoms. The standard InChI is InChI=1S/C23H23ClN2O2/c1-15-3-5-16(6-4-15)17-7-8-19-18(13-17)14-20(23-25-9-10-26-23)22(21(19)24)28-12-11-27-2/h3-8,13-14H,9-12H2,1-2H3,(H,25,26). The van der Waals surface area contributed by atoms with Gasteiger partial charge in [-0.15, -0.1) is 0 Å². The lowest BCUT2D eigenvalue weighted by molar-refractivity contribution is 0.146. The van der Waals surface area contributed by atoms with Crippen LogP contribution in [0.25, 0.3) is 21.9 Å². The number of methoxy groups -OCH3 is 1. The van der Waals surface area contributed by atoms with Crippen molar-refractivity contribution < 1.29 is 9.47 Å². The molecule has 0 aliphatic carbocycles. The SMILES string of the molecule is COCCOc1c(C2=NCCN2)cc2cc(-c3ccc(C)cc3)ccc2c1Cl. The number of fused-ring (bicyclic) bond motifs is 1. The number of halogens is 1. The van der Waals surface area contributed by atoms with Gasteiger partial charge in [0.05, 0.1) is 23.7 Å². The Morgan fingerprint density at radius 1 is 1.04 bits per heavy atom. The Labute approximate surface area is 170 Å². The number of nitrogens with one attached hydrogen (secondary N) is 1. The Balaban J connectivity index is 1.82. The van der Waals surface area contributed by atoms with Crippen LogP contribution in [0.1, 0.15) is 11.1 Å². The van der Waals surface area contributed by atoms with Crippen molar-refractivity contribution in [2.24, 2.45) is 4.99 Å². The lowest BCUT2D eigenvalue weighted by Crippen LogP contribution is -2.21. The van der Waals surface area contributed by atoms with Gasteiger partial charge in [-0.1, -0.05) is 53.6 Å². The number of hydrogen-bond acceptors (Lipinski definition) is 4. The number of nitrogens with zero attached hydrogens (tertiary/aromatic N) is 1. The minimum atomic E-state index is 0.434. The predicted octanol–water partition coefficient (Wildman–Crippen LogP) is 4.84. The molecule has 0 bridgehead atoms. The Morgan fingerprint density at radius 2 is 1.82 bits per heavy atom. The molecule has 0 radical (unpaired) electrons. The van der Waals surface area contributed by atoms with Gasteiger partial charge in [-0.05, 0) is 35.6 Å². The van der Waals surface area contributed by atoms with E-state index in [4.69, 9.17) is 21.1 Å². The molecular weight excluding hydrogens is 372 g/mol. The normalized spacial score (nSPS) is 13.5. The van der Waals surface area contributed by atoms with Crippen LogP contribution in [0, 0.1) is 6.92 Å². The van der Waals surface area contributed by atoms with E-state index in [1.54, 1.807) is 7.11 Å². The van der Waals surface area contributed by atoms with Gasteiger partial charge in [0.1, 0.15) is 18.2 Å². The molecule has 0 saturated carbocycles. The van der Waals surface area contributed by atoms with Gasteiger partial charge in [0.15, 0.2) is 0 Å². The first-order chi connectivity index (χ1) is 13.7. The van der Waals surface area contributed by atoms with Crippen molar-refractivity contribution in [3.8, 4) is 16.9 Å². The third kappa shape index (κ3) is 3.71. The second-order valence-electron chi connectivity index (χ2n) is 6.87. The average molecular weight is 395 g/mol. The van der Waals surface area contributed by atoms with E-state index in [1.165, 1.54) is 11.1 Å². The van der Waals surface area contributed by atoms with Crippen molar-refractivity contribution in [1.82, 2.24) is 5.32 Å². The molecule has 4 nitrogen and oxygen atoms in total. The summed E-state index contributed by atoms with van der Waals surface area (Å²) in [5.74, 6) is 1.49. The van der Waals surface area contributed by atoms with Crippen LogP contribution in [0.5, 0.6) is 5.75 Å². The van der Waals surface area contributed by atoms with E-state index < -0.39 is 0 Å². The Morgan fingerprint density at radius 3 is 2.54 bits per heavy atom. The largest absolute Gasteiger partial charge is 0.489 e. The first kappa shape index (κ1) is 18.8. The van der Waals surface area contributed by atoms with Crippen LogP contribution in [0.4, 0.5) is 0 Å². The number of aliphatic imine (C=N–C) groups is 1. The molecule has 5 heteroatoms. The molecule has 3 aromatic rings. The fourth-order valence-electron chi connectivity index (χ4n) is 3.39. The van der Waals surface area contributed by atoms with Gasteiger partial charge in [0.2, 0.25) is 0 Å². The summed E-state index contributed by atoms with van der Waals surface area (Å²) in [6, 6.07) is 17.0. The molecule has 0 amide bonds. The van der Waals surface area contributed by atoms with E-state index in [9.17, 15) is 0 Å². The molecule has 4 rings (SSSR count). The maximum atomic E-state index is 6.77. The van der Waals surface area contributed by atoms with Crippen LogP contribution in [0.15, 0.2) is 53.5 Å². The third-order valence-corrected chi connectivity index (χ3v) is 5.26. The van der Waals surface area contributed by atoms with E-state index in [2.05, 4.69) is 65.8 Å². The van der Waals surface area contributed by atoms with Gasteiger partial charge >= 0.3 is 0 Å². The van der Waals surface area contributed by atoms with Crippen LogP contribution < -0.4 is 10.1 Å². The molecule has 1 heterocycles. The van der Waals surface area contributed by atoms with E-state index in [0.717, 1.165) is 40.8 Å². The molecule has 0 fully saturated rings. The number of ether oxygens (including phenoxy) is 2. The highest BCUT2D eigenvalue weighted by molar-refractivity contribution is 6.38. The van der Waals surface area contributed by atoms with Crippen molar-refractivity contribution in [3.05, 3.63) is 64.7 Å². The summed E-state index contributed by atoms with van der Waals surface area (Å²) in [6.07, 6.45) is 0. The minimum Gasteiger partial charge on any atom is -0.489 e. The molecule has 3 aromatic carbocycles. The Bertz CT molecular complexity index is 1030. The van der Waals surface area contributed by atoms with Gasteiger partial charge in [-0.3, -0.25) is 4.99 Å². The maximum Gasteiger partial charge on any atom is 0.149 e. The highest BCUT2D eigenvalue weighted by atomic mass is 35.5. The van der Waals surface area contributed by atoms with Crippen LogP contribution >= 0.6 is 11.6 Å². The number of rotatable bonds is 6. The molecule has 0 aromatic heterocycles. The predicted molar refractivity (Wildman–Crippen MR) is 116 cm³/mol. The van der Waals surface area contributed by atoms with Crippen molar-refractivity contribution in [1.29, 1.82) is 0 Å². The van der Waals surface area contributed by atoms with Crippen LogP contribution in [-0.4, -0.2) is 39.2 Å². The monoisotopic (exact) mass is 394 g/mol. The van der Waals surface area contributed by atoms with Gasteiger partial charge in [-0.2, -0.15) is 0 Å². The second kappa shape index (κ2) is 8.21. The van der Waals surface area contributed by atoms with Gasteiger partial charge in [0, 0.05) is 19.0 Å². The highest BCUT2D eigenvalue weighted by Crippen LogP contribution is 2.38. The molecule has 1 N–H and O–H groups in total. The van der Waals surface area contributed by atoms with E-state index >= 15 is 0 Å². The summed E-state index contributed by atoms with van der Waals surface area (Å²) in [7, 11) is 1.65. The van der Waals surface area contributed by atoms with E-state index in [1.807, 2.05) is 0 Å². The van der Waals surface area contributed by atoms with Crippen LogP contribution in [-0.2, 0) is 4.74 Å². The fourth-order valence-corrected chi connectivity index (χ4v) is 3.72. The van der Waals surface area contributed by atoms with Gasteiger partial charge < -0.3 is 14.8 Å². The Kier molecular flexibility index (Phi) is 5.51. The summed E-state index contributed by atoms with van der Waals surface area (Å²) in [5.41, 5.74) is 4.48. The highest BCUT2D eigenvalue weighted by Gasteiger charge is 2.20. The lowest BCUT2D eigenvalue weighted by Gasteiger charge is -2.16. The van der Waals surface area contributed by atoms with Gasteiger partial charge in [0.25, 0.3) is 0 Å². The third-order valence-electron chi connectivity index (χ3n) is 4.88. The molecule has 1 aliphatic heterocycles.